The van der Waals surface area contributed by atoms with Gasteiger partial charge in [-0.1, -0.05) is 0 Å². The molecule has 3 N–H and O–H groups in total. The van der Waals surface area contributed by atoms with Gasteiger partial charge in [-0.25, -0.2) is 13.1 Å². The van der Waals surface area contributed by atoms with E-state index in [1.54, 1.807) is 4.68 Å². The summed E-state index contributed by atoms with van der Waals surface area (Å²) in [4.78, 5) is 0.127. The van der Waals surface area contributed by atoms with E-state index in [1.807, 2.05) is 0 Å². The number of nitrogens with one attached hydrogen (secondary N) is 1. The van der Waals surface area contributed by atoms with Gasteiger partial charge in [0.1, 0.15) is 4.90 Å². The predicted molar refractivity (Wildman–Crippen MR) is 73.8 cm³/mol. The standard InChI is InChI=1S/C11H22N4O4S/c1-18-9-10(19-2)6-14-20(16,17)11-7-13-15(8-11)5-3-4-12/h7-8,10,14H,3-6,9,12H2,1-2H3. The van der Waals surface area contributed by atoms with Gasteiger partial charge in [-0.3, -0.25) is 4.68 Å². The van der Waals surface area contributed by atoms with Crippen LogP contribution in [0.1, 0.15) is 6.42 Å². The summed E-state index contributed by atoms with van der Waals surface area (Å²) in [5, 5.41) is 3.99. The molecule has 0 aliphatic rings. The lowest BCUT2D eigenvalue weighted by atomic mass is 10.4. The highest BCUT2D eigenvalue weighted by molar-refractivity contribution is 7.89. The first-order valence-corrected chi connectivity index (χ1v) is 7.75. The molecule has 1 atom stereocenters. The van der Waals surface area contributed by atoms with Crippen molar-refractivity contribution in [2.45, 2.75) is 24.0 Å². The largest absolute Gasteiger partial charge is 0.382 e. The lowest BCUT2D eigenvalue weighted by Crippen LogP contribution is -2.35. The highest BCUT2D eigenvalue weighted by Gasteiger charge is 2.18. The summed E-state index contributed by atoms with van der Waals surface area (Å²) in [7, 11) is -0.556. The fraction of sp³-hybridized carbons (Fsp3) is 0.727. The van der Waals surface area contributed by atoms with Crippen LogP contribution in [0.25, 0.3) is 0 Å². The van der Waals surface area contributed by atoms with Crippen molar-refractivity contribution in [1.29, 1.82) is 0 Å². The number of nitrogens with zero attached hydrogens (tertiary/aromatic N) is 2. The van der Waals surface area contributed by atoms with Gasteiger partial charge < -0.3 is 15.2 Å². The molecule has 0 spiro atoms. The number of nitrogens with two attached hydrogens (primary N) is 1. The van der Waals surface area contributed by atoms with E-state index in [9.17, 15) is 8.42 Å². The van der Waals surface area contributed by atoms with Crippen molar-refractivity contribution in [3.8, 4) is 0 Å². The van der Waals surface area contributed by atoms with Gasteiger partial charge in [-0.2, -0.15) is 5.10 Å². The van der Waals surface area contributed by atoms with Crippen molar-refractivity contribution in [2.24, 2.45) is 5.73 Å². The topological polar surface area (TPSA) is 108 Å². The molecule has 0 amide bonds. The van der Waals surface area contributed by atoms with Crippen molar-refractivity contribution >= 4 is 10.0 Å². The Morgan fingerprint density at radius 3 is 2.85 bits per heavy atom. The molecule has 0 aromatic carbocycles. The minimum atomic E-state index is -3.59. The second-order valence-electron chi connectivity index (χ2n) is 4.25. The molecule has 1 unspecified atom stereocenters. The fourth-order valence-electron chi connectivity index (χ4n) is 1.54. The Morgan fingerprint density at radius 1 is 1.50 bits per heavy atom. The highest BCUT2D eigenvalue weighted by Crippen LogP contribution is 2.07. The summed E-state index contributed by atoms with van der Waals surface area (Å²) in [6.45, 7) is 1.58. The molecular formula is C11H22N4O4S. The molecule has 0 fully saturated rings. The van der Waals surface area contributed by atoms with Gasteiger partial charge in [0, 0.05) is 33.5 Å². The van der Waals surface area contributed by atoms with Crippen LogP contribution in [0.3, 0.4) is 0 Å². The highest BCUT2D eigenvalue weighted by atomic mass is 32.2. The lowest BCUT2D eigenvalue weighted by molar-refractivity contribution is 0.0320. The zero-order valence-corrected chi connectivity index (χ0v) is 12.6. The minimum Gasteiger partial charge on any atom is -0.382 e. The van der Waals surface area contributed by atoms with Crippen molar-refractivity contribution in [1.82, 2.24) is 14.5 Å². The van der Waals surface area contributed by atoms with Crippen LogP contribution in [-0.4, -0.2) is 58.2 Å². The van der Waals surface area contributed by atoms with Gasteiger partial charge in [0.15, 0.2) is 0 Å². The maximum atomic E-state index is 12.1. The number of hydrogen-bond donors (Lipinski definition) is 2. The van der Waals surface area contributed by atoms with E-state index in [0.717, 1.165) is 6.42 Å². The minimum absolute atomic E-state index is 0.127. The molecule has 0 radical (unpaired) electrons. The van der Waals surface area contributed by atoms with E-state index >= 15 is 0 Å². The van der Waals surface area contributed by atoms with Crippen LogP contribution in [0, 0.1) is 0 Å². The Labute approximate surface area is 119 Å². The van der Waals surface area contributed by atoms with Crippen molar-refractivity contribution < 1.29 is 17.9 Å². The van der Waals surface area contributed by atoms with E-state index in [0.29, 0.717) is 19.7 Å². The van der Waals surface area contributed by atoms with Crippen LogP contribution in [0.15, 0.2) is 17.3 Å². The summed E-state index contributed by atoms with van der Waals surface area (Å²) in [6.07, 6.45) is 3.21. The van der Waals surface area contributed by atoms with Gasteiger partial charge in [-0.05, 0) is 13.0 Å². The summed E-state index contributed by atoms with van der Waals surface area (Å²) in [5.41, 5.74) is 5.40. The van der Waals surface area contributed by atoms with Crippen molar-refractivity contribution in [2.75, 3.05) is 33.9 Å². The molecule has 8 nitrogen and oxygen atoms in total. The first-order valence-electron chi connectivity index (χ1n) is 6.27. The normalized spacial score (nSPS) is 13.6. The Hall–Kier alpha value is -1.00. The molecule has 0 aliphatic heterocycles. The number of ether oxygens (including phenoxy) is 2. The number of sulfonamides is 1. The number of aromatic nitrogens is 2. The Balaban J connectivity index is 2.61. The van der Waals surface area contributed by atoms with Crippen molar-refractivity contribution in [3.05, 3.63) is 12.4 Å². The molecule has 0 saturated heterocycles. The van der Waals surface area contributed by atoms with E-state index in [-0.39, 0.29) is 17.5 Å². The molecule has 0 aliphatic carbocycles. The van der Waals surface area contributed by atoms with Crippen LogP contribution >= 0.6 is 0 Å². The first kappa shape index (κ1) is 17.1. The fourth-order valence-corrected chi connectivity index (χ4v) is 2.56. The zero-order valence-electron chi connectivity index (χ0n) is 11.8. The van der Waals surface area contributed by atoms with Crippen LogP contribution in [0.2, 0.25) is 0 Å². The Kier molecular flexibility index (Phi) is 7.10. The van der Waals surface area contributed by atoms with Gasteiger partial charge in [0.2, 0.25) is 10.0 Å². The van der Waals surface area contributed by atoms with Crippen LogP contribution in [0.4, 0.5) is 0 Å². The van der Waals surface area contributed by atoms with Crippen LogP contribution < -0.4 is 10.5 Å². The number of rotatable bonds is 10. The van der Waals surface area contributed by atoms with Gasteiger partial charge in [0.25, 0.3) is 0 Å². The van der Waals surface area contributed by atoms with Crippen molar-refractivity contribution in [3.63, 3.8) is 0 Å². The maximum Gasteiger partial charge on any atom is 0.243 e. The molecule has 1 aromatic heterocycles. The van der Waals surface area contributed by atoms with Crippen LogP contribution in [0.5, 0.6) is 0 Å². The van der Waals surface area contributed by atoms with Gasteiger partial charge >= 0.3 is 0 Å². The summed E-state index contributed by atoms with van der Waals surface area (Å²) in [5.74, 6) is 0. The molecular weight excluding hydrogens is 284 g/mol. The predicted octanol–water partition coefficient (Wildman–Crippen LogP) is -0.828. The molecule has 9 heteroatoms. The van der Waals surface area contributed by atoms with Gasteiger partial charge in [0.05, 0.1) is 18.9 Å². The molecule has 0 saturated carbocycles. The smallest absolute Gasteiger partial charge is 0.243 e. The average Bonchev–Trinajstić information content (AvgIpc) is 2.90. The molecule has 1 heterocycles. The third-order valence-corrected chi connectivity index (χ3v) is 4.08. The summed E-state index contributed by atoms with van der Waals surface area (Å²) >= 11 is 0. The molecule has 0 bridgehead atoms. The van der Waals surface area contributed by atoms with Crippen LogP contribution in [-0.2, 0) is 26.0 Å². The quantitative estimate of drug-likeness (QED) is 0.584. The third kappa shape index (κ3) is 5.17. The second kappa shape index (κ2) is 8.32. The number of aryl methyl sites for hydroxylation is 1. The lowest BCUT2D eigenvalue weighted by Gasteiger charge is -2.14. The molecule has 1 rings (SSSR count). The van der Waals surface area contributed by atoms with E-state index in [4.69, 9.17) is 15.2 Å². The zero-order chi connectivity index (χ0) is 15.0. The monoisotopic (exact) mass is 306 g/mol. The van der Waals surface area contributed by atoms with E-state index in [1.165, 1.54) is 26.6 Å². The average molecular weight is 306 g/mol. The van der Waals surface area contributed by atoms with Gasteiger partial charge in [-0.15, -0.1) is 0 Å². The third-order valence-electron chi connectivity index (χ3n) is 2.70. The molecule has 1 aromatic rings. The number of methoxy groups -OCH3 is 2. The summed E-state index contributed by atoms with van der Waals surface area (Å²) in [6, 6.07) is 0. The maximum absolute atomic E-state index is 12.1. The summed E-state index contributed by atoms with van der Waals surface area (Å²) < 4.78 is 38.2. The number of hydrogen-bond acceptors (Lipinski definition) is 6. The first-order chi connectivity index (χ1) is 9.53. The van der Waals surface area contributed by atoms with E-state index in [2.05, 4.69) is 9.82 Å². The SMILES string of the molecule is COCC(CNS(=O)(=O)c1cnn(CCCN)c1)OC. The molecule has 116 valence electrons. The Bertz CT molecular complexity index is 488. The Morgan fingerprint density at radius 2 is 2.25 bits per heavy atom. The second-order valence-corrected chi connectivity index (χ2v) is 6.01. The molecule has 20 heavy (non-hydrogen) atoms. The van der Waals surface area contributed by atoms with E-state index < -0.39 is 10.0 Å².